The quantitative estimate of drug-likeness (QED) is 0.0222. The van der Waals surface area contributed by atoms with Crippen molar-refractivity contribution in [2.24, 2.45) is 5.92 Å². The van der Waals surface area contributed by atoms with Crippen LogP contribution in [0.1, 0.15) is 388 Å². The van der Waals surface area contributed by atoms with Crippen molar-refractivity contribution < 1.29 is 80.2 Å². The molecule has 0 aliphatic rings. The largest absolute Gasteiger partial charge is 0.472 e. The minimum absolute atomic E-state index is 0.108. The zero-order valence-electron chi connectivity index (χ0n) is 60.4. The van der Waals surface area contributed by atoms with Gasteiger partial charge in [-0.05, 0) is 31.6 Å². The van der Waals surface area contributed by atoms with Gasteiger partial charge in [0.1, 0.15) is 19.3 Å². The van der Waals surface area contributed by atoms with Gasteiger partial charge in [0.05, 0.1) is 26.4 Å². The lowest BCUT2D eigenvalue weighted by molar-refractivity contribution is -0.161. The third-order valence-electron chi connectivity index (χ3n) is 17.3. The maximum atomic E-state index is 13.1. The lowest BCUT2D eigenvalue weighted by Gasteiger charge is -2.21. The number of ether oxygens (including phenoxy) is 4. The smallest absolute Gasteiger partial charge is 0.462 e. The van der Waals surface area contributed by atoms with Gasteiger partial charge < -0.3 is 33.8 Å². The molecule has 0 bridgehead atoms. The van der Waals surface area contributed by atoms with Crippen molar-refractivity contribution in [2.45, 2.75) is 406 Å². The van der Waals surface area contributed by atoms with E-state index in [2.05, 4.69) is 34.6 Å². The maximum absolute atomic E-state index is 13.1. The number of phosphoric ester groups is 2. The van der Waals surface area contributed by atoms with Gasteiger partial charge in [-0.3, -0.25) is 37.3 Å². The Balaban J connectivity index is 5.23. The van der Waals surface area contributed by atoms with Gasteiger partial charge in [-0.15, -0.1) is 0 Å². The highest BCUT2D eigenvalue weighted by Crippen LogP contribution is 2.45. The molecule has 0 aliphatic carbocycles. The molecule has 0 spiro atoms. The zero-order valence-corrected chi connectivity index (χ0v) is 62.2. The molecule has 0 rings (SSSR count). The minimum atomic E-state index is -4.95. The van der Waals surface area contributed by atoms with Crippen molar-refractivity contribution >= 4 is 39.5 Å². The van der Waals surface area contributed by atoms with Crippen LogP contribution in [0.3, 0.4) is 0 Å². The molecule has 0 amide bonds. The Kier molecular flexibility index (Phi) is 65.9. The van der Waals surface area contributed by atoms with Crippen LogP contribution in [0.5, 0.6) is 0 Å². The van der Waals surface area contributed by atoms with Gasteiger partial charge in [0, 0.05) is 25.7 Å². The van der Waals surface area contributed by atoms with Gasteiger partial charge in [0.25, 0.3) is 0 Å². The van der Waals surface area contributed by atoms with Crippen molar-refractivity contribution in [3.63, 3.8) is 0 Å². The van der Waals surface area contributed by atoms with Gasteiger partial charge in [-0.1, -0.05) is 336 Å². The molecule has 0 aromatic heterocycles. The number of aliphatic hydroxyl groups is 1. The summed E-state index contributed by atoms with van der Waals surface area (Å²) in [4.78, 5) is 72.7. The van der Waals surface area contributed by atoms with Crippen LogP contribution in [0.4, 0.5) is 0 Å². The standard InChI is InChI=1S/C74H144O17P2/c1-6-9-12-15-18-21-23-25-26-27-29-35-40-45-50-55-60-74(79)91-70(64-85-72(77)58-53-48-43-38-33-31-30-32-37-41-46-51-56-67(4)5)66-89-93(82,83)87-62-68(75)61-86-92(80,81)88-65-69(63-84-71(76)57-52-47-42-36-20-17-14-11-8-3)90-73(78)59-54-49-44-39-34-28-24-22-19-16-13-10-7-2/h67-70,75H,6-66H2,1-5H3,(H,80,81)(H,82,83)/t68-,69+,70+/m0/s1. The van der Waals surface area contributed by atoms with Crippen molar-refractivity contribution in [2.75, 3.05) is 39.6 Å². The summed E-state index contributed by atoms with van der Waals surface area (Å²) in [6.07, 6.45) is 55.3. The van der Waals surface area contributed by atoms with Gasteiger partial charge in [-0.2, -0.15) is 0 Å². The van der Waals surface area contributed by atoms with Crippen LogP contribution in [-0.2, 0) is 65.4 Å². The van der Waals surface area contributed by atoms with Crippen LogP contribution in [0.2, 0.25) is 0 Å². The van der Waals surface area contributed by atoms with E-state index in [1.807, 2.05) is 0 Å². The summed E-state index contributed by atoms with van der Waals surface area (Å²) in [6, 6.07) is 0. The highest BCUT2D eigenvalue weighted by Gasteiger charge is 2.30. The molecule has 3 N–H and O–H groups in total. The molecule has 552 valence electrons. The fourth-order valence-electron chi connectivity index (χ4n) is 11.4. The Morgan fingerprint density at radius 2 is 0.495 bits per heavy atom. The Labute approximate surface area is 568 Å². The predicted octanol–water partition coefficient (Wildman–Crippen LogP) is 21.7. The van der Waals surface area contributed by atoms with E-state index >= 15 is 0 Å². The summed E-state index contributed by atoms with van der Waals surface area (Å²) in [5.41, 5.74) is 0. The molecule has 0 aromatic carbocycles. The van der Waals surface area contributed by atoms with Crippen LogP contribution in [0, 0.1) is 5.92 Å². The van der Waals surface area contributed by atoms with E-state index in [9.17, 15) is 43.2 Å². The molecule has 5 atom stereocenters. The van der Waals surface area contributed by atoms with E-state index in [4.69, 9.17) is 37.0 Å². The highest BCUT2D eigenvalue weighted by molar-refractivity contribution is 7.47. The molecule has 0 saturated carbocycles. The summed E-state index contributed by atoms with van der Waals surface area (Å²) in [6.45, 7) is 7.28. The number of hydrogen-bond acceptors (Lipinski definition) is 15. The second kappa shape index (κ2) is 67.3. The summed E-state index contributed by atoms with van der Waals surface area (Å²) in [5.74, 6) is -1.33. The molecule has 19 heteroatoms. The third-order valence-corrected chi connectivity index (χ3v) is 19.2. The molecule has 0 saturated heterocycles. The van der Waals surface area contributed by atoms with E-state index in [1.165, 1.54) is 212 Å². The van der Waals surface area contributed by atoms with Crippen molar-refractivity contribution in [3.05, 3.63) is 0 Å². The number of unbranched alkanes of at least 4 members (excludes halogenated alkanes) is 46. The first-order chi connectivity index (χ1) is 45.0. The molecule has 2 unspecified atom stereocenters. The summed E-state index contributed by atoms with van der Waals surface area (Å²) in [7, 11) is -9.90. The van der Waals surface area contributed by atoms with Crippen LogP contribution < -0.4 is 0 Å². The number of phosphoric acid groups is 2. The summed E-state index contributed by atoms with van der Waals surface area (Å²) in [5, 5.41) is 10.6. The SMILES string of the molecule is CCCCCCCCCCCCCCCCCCC(=O)O[C@H](COC(=O)CCCCCCCCCCCCCCC(C)C)COP(=O)(O)OC[C@@H](O)COP(=O)(O)OC[C@@H](COC(=O)CCCCCCCCCCC)OC(=O)CCCCCCCCCCCCCCC. The van der Waals surface area contributed by atoms with E-state index in [-0.39, 0.29) is 25.7 Å². The van der Waals surface area contributed by atoms with E-state index in [1.54, 1.807) is 0 Å². The van der Waals surface area contributed by atoms with Gasteiger partial charge in [-0.25, -0.2) is 9.13 Å². The number of carbonyl (C=O) groups is 4. The Morgan fingerprint density at radius 3 is 0.731 bits per heavy atom. The lowest BCUT2D eigenvalue weighted by Crippen LogP contribution is -2.30. The molecule has 0 radical (unpaired) electrons. The van der Waals surface area contributed by atoms with Crippen LogP contribution in [0.15, 0.2) is 0 Å². The molecule has 93 heavy (non-hydrogen) atoms. The van der Waals surface area contributed by atoms with Crippen molar-refractivity contribution in [1.82, 2.24) is 0 Å². The Hall–Kier alpha value is -1.94. The number of carbonyl (C=O) groups excluding carboxylic acids is 4. The Bertz CT molecular complexity index is 1790. The second-order valence-electron chi connectivity index (χ2n) is 27.2. The summed E-state index contributed by atoms with van der Waals surface area (Å²) < 4.78 is 68.4. The maximum Gasteiger partial charge on any atom is 0.472 e. The molecule has 0 aromatic rings. The van der Waals surface area contributed by atoms with E-state index in [0.717, 1.165) is 95.8 Å². The molecule has 0 heterocycles. The van der Waals surface area contributed by atoms with Crippen LogP contribution in [-0.4, -0.2) is 96.7 Å². The number of aliphatic hydroxyl groups excluding tert-OH is 1. The second-order valence-corrected chi connectivity index (χ2v) is 30.1. The first kappa shape index (κ1) is 91.1. The lowest BCUT2D eigenvalue weighted by atomic mass is 10.0. The van der Waals surface area contributed by atoms with Gasteiger partial charge in [0.2, 0.25) is 0 Å². The third kappa shape index (κ3) is 68.4. The molecule has 0 fully saturated rings. The Morgan fingerprint density at radius 1 is 0.290 bits per heavy atom. The average molecular weight is 1370 g/mol. The monoisotopic (exact) mass is 1370 g/mol. The molecular formula is C74H144O17P2. The normalized spacial score (nSPS) is 14.0. The average Bonchev–Trinajstić information content (AvgIpc) is 1.93. The van der Waals surface area contributed by atoms with Crippen molar-refractivity contribution in [3.8, 4) is 0 Å². The highest BCUT2D eigenvalue weighted by atomic mass is 31.2. The van der Waals surface area contributed by atoms with Crippen molar-refractivity contribution in [1.29, 1.82) is 0 Å². The molecule has 0 aliphatic heterocycles. The number of hydrogen-bond donors (Lipinski definition) is 3. The van der Waals surface area contributed by atoms with Crippen LogP contribution >= 0.6 is 15.6 Å². The molecule has 17 nitrogen and oxygen atoms in total. The predicted molar refractivity (Wildman–Crippen MR) is 377 cm³/mol. The fraction of sp³-hybridized carbons (Fsp3) is 0.946. The fourth-order valence-corrected chi connectivity index (χ4v) is 12.9. The van der Waals surface area contributed by atoms with Gasteiger partial charge in [0.15, 0.2) is 12.2 Å². The molecular weight excluding hydrogens is 1220 g/mol. The van der Waals surface area contributed by atoms with E-state index < -0.39 is 97.5 Å². The zero-order chi connectivity index (χ0) is 68.4. The first-order valence-corrected chi connectivity index (χ1v) is 41.6. The summed E-state index contributed by atoms with van der Waals surface area (Å²) >= 11 is 0. The topological polar surface area (TPSA) is 237 Å². The van der Waals surface area contributed by atoms with E-state index in [0.29, 0.717) is 25.7 Å². The van der Waals surface area contributed by atoms with Crippen LogP contribution in [0.25, 0.3) is 0 Å². The first-order valence-electron chi connectivity index (χ1n) is 38.6. The number of rotatable bonds is 74. The van der Waals surface area contributed by atoms with Gasteiger partial charge >= 0.3 is 39.5 Å². The minimum Gasteiger partial charge on any atom is -0.462 e. The number of esters is 4.